The van der Waals surface area contributed by atoms with E-state index in [2.05, 4.69) is 4.98 Å². The molecule has 132 valence electrons. The number of rotatable bonds is 6. The van der Waals surface area contributed by atoms with Gasteiger partial charge in [0.15, 0.2) is 23.1 Å². The van der Waals surface area contributed by atoms with Gasteiger partial charge in [0, 0.05) is 32.3 Å². The summed E-state index contributed by atoms with van der Waals surface area (Å²) >= 11 is 0. The summed E-state index contributed by atoms with van der Waals surface area (Å²) < 4.78 is 50.7. The number of benzene rings is 1. The number of halogens is 3. The topological polar surface area (TPSA) is 68.7 Å². The molecule has 0 aliphatic heterocycles. The number of aromatic nitrogens is 1. The number of carbonyl (C=O) groups is 1. The zero-order valence-corrected chi connectivity index (χ0v) is 13.5. The maximum Gasteiger partial charge on any atom is 0.354 e. The van der Waals surface area contributed by atoms with Crippen LogP contribution in [0.5, 0.6) is 5.75 Å². The molecule has 0 unspecified atom stereocenters. The van der Waals surface area contributed by atoms with Crippen molar-refractivity contribution in [1.29, 1.82) is 0 Å². The van der Waals surface area contributed by atoms with Crippen molar-refractivity contribution in [3.8, 4) is 5.75 Å². The van der Waals surface area contributed by atoms with E-state index in [0.717, 1.165) is 6.07 Å². The van der Waals surface area contributed by atoms with Crippen LogP contribution in [0.25, 0.3) is 10.9 Å². The largest absolute Gasteiger partial charge is 0.493 e. The molecule has 24 heavy (non-hydrogen) atoms. The van der Waals surface area contributed by atoms with Gasteiger partial charge in [-0.2, -0.15) is 0 Å². The van der Waals surface area contributed by atoms with Crippen LogP contribution in [0.1, 0.15) is 30.8 Å². The fraction of sp³-hybridized carbons (Fsp3) is 0.375. The van der Waals surface area contributed by atoms with Gasteiger partial charge in [0.1, 0.15) is 5.75 Å². The molecule has 2 rings (SSSR count). The lowest BCUT2D eigenvalue weighted by molar-refractivity contribution is 0.0690. The Bertz CT molecular complexity index is 722. The monoisotopic (exact) mass is 345 g/mol. The molecule has 0 fully saturated rings. The smallest absolute Gasteiger partial charge is 0.354 e. The summed E-state index contributed by atoms with van der Waals surface area (Å²) in [5.41, 5.74) is -0.794. The Morgan fingerprint density at radius 1 is 1.17 bits per heavy atom. The van der Waals surface area contributed by atoms with E-state index in [0.29, 0.717) is 19.1 Å². The minimum Gasteiger partial charge on any atom is -0.493 e. The fourth-order valence-electron chi connectivity index (χ4n) is 1.87. The predicted octanol–water partition coefficient (Wildman–Crippen LogP) is 3.79. The molecule has 0 atom stereocenters. The molecule has 1 N–H and O–H groups in total. The van der Waals surface area contributed by atoms with E-state index in [1.807, 2.05) is 13.8 Å². The van der Waals surface area contributed by atoms with Crippen LogP contribution in [-0.4, -0.2) is 36.4 Å². The van der Waals surface area contributed by atoms with Crippen molar-refractivity contribution in [2.24, 2.45) is 0 Å². The fourth-order valence-corrected chi connectivity index (χ4v) is 1.87. The van der Waals surface area contributed by atoms with Gasteiger partial charge in [0.05, 0.1) is 17.5 Å². The van der Waals surface area contributed by atoms with Crippen molar-refractivity contribution in [2.45, 2.75) is 20.3 Å². The molecule has 1 aromatic carbocycles. The van der Waals surface area contributed by atoms with Gasteiger partial charge < -0.3 is 14.6 Å². The number of carboxylic acids is 1. The molecule has 2 aromatic rings. The van der Waals surface area contributed by atoms with Gasteiger partial charge in [-0.05, 0) is 0 Å². The molecular formula is C16H18F3NO4. The molecule has 1 aromatic heterocycles. The van der Waals surface area contributed by atoms with Crippen LogP contribution >= 0.6 is 0 Å². The SMILES string of the molecule is CC.COCCCOc1cc(C(=O)O)nc2cc(F)c(F)c(F)c12. The molecule has 0 spiro atoms. The summed E-state index contributed by atoms with van der Waals surface area (Å²) in [7, 11) is 1.49. The Morgan fingerprint density at radius 2 is 1.83 bits per heavy atom. The molecule has 0 saturated carbocycles. The summed E-state index contributed by atoms with van der Waals surface area (Å²) in [5.74, 6) is -6.20. The number of nitrogens with zero attached hydrogens (tertiary/aromatic N) is 1. The van der Waals surface area contributed by atoms with Crippen molar-refractivity contribution in [2.75, 3.05) is 20.3 Å². The maximum atomic E-state index is 13.9. The van der Waals surface area contributed by atoms with E-state index in [1.165, 1.54) is 7.11 Å². The molecule has 0 aliphatic rings. The number of hydrogen-bond donors (Lipinski definition) is 1. The highest BCUT2D eigenvalue weighted by Crippen LogP contribution is 2.31. The third kappa shape index (κ3) is 4.35. The number of ether oxygens (including phenoxy) is 2. The number of aromatic carboxylic acids is 1. The first kappa shape index (κ1) is 19.7. The van der Waals surface area contributed by atoms with E-state index in [4.69, 9.17) is 14.6 Å². The molecule has 0 bridgehead atoms. The summed E-state index contributed by atoms with van der Waals surface area (Å²) in [5, 5.41) is 8.57. The molecule has 0 amide bonds. The highest BCUT2D eigenvalue weighted by molar-refractivity contribution is 5.93. The third-order valence-corrected chi connectivity index (χ3v) is 2.87. The van der Waals surface area contributed by atoms with Crippen molar-refractivity contribution < 1.29 is 32.5 Å². The van der Waals surface area contributed by atoms with Crippen LogP contribution in [0.4, 0.5) is 13.2 Å². The third-order valence-electron chi connectivity index (χ3n) is 2.87. The normalized spacial score (nSPS) is 10.2. The lowest BCUT2D eigenvalue weighted by Gasteiger charge is -2.11. The average molecular weight is 345 g/mol. The quantitative estimate of drug-likeness (QED) is 0.637. The summed E-state index contributed by atoms with van der Waals surface area (Å²) in [6, 6.07) is 1.60. The van der Waals surface area contributed by atoms with E-state index >= 15 is 0 Å². The second kappa shape index (κ2) is 9.07. The van der Waals surface area contributed by atoms with Crippen LogP contribution in [0.3, 0.4) is 0 Å². The molecule has 1 heterocycles. The van der Waals surface area contributed by atoms with Gasteiger partial charge in [-0.1, -0.05) is 13.8 Å². The number of carboxylic acid groups (broad SMARTS) is 1. The minimum atomic E-state index is -1.67. The number of hydrogen-bond acceptors (Lipinski definition) is 4. The molecule has 0 radical (unpaired) electrons. The van der Waals surface area contributed by atoms with Crippen LogP contribution in [-0.2, 0) is 4.74 Å². The first-order chi connectivity index (χ1) is 11.5. The molecule has 8 heteroatoms. The number of methoxy groups -OCH3 is 1. The Balaban J connectivity index is 0.00000139. The highest BCUT2D eigenvalue weighted by Gasteiger charge is 2.21. The van der Waals surface area contributed by atoms with E-state index < -0.39 is 34.5 Å². The Hall–Kier alpha value is -2.35. The highest BCUT2D eigenvalue weighted by atomic mass is 19.2. The van der Waals surface area contributed by atoms with Crippen LogP contribution in [0, 0.1) is 17.5 Å². The lowest BCUT2D eigenvalue weighted by Crippen LogP contribution is -2.07. The van der Waals surface area contributed by atoms with Gasteiger partial charge >= 0.3 is 5.97 Å². The average Bonchev–Trinajstić information content (AvgIpc) is 2.57. The second-order valence-electron chi connectivity index (χ2n) is 4.39. The van der Waals surface area contributed by atoms with Gasteiger partial charge in [0.25, 0.3) is 0 Å². The van der Waals surface area contributed by atoms with Gasteiger partial charge in [-0.3, -0.25) is 0 Å². The second-order valence-corrected chi connectivity index (χ2v) is 4.39. The molecule has 5 nitrogen and oxygen atoms in total. The summed E-state index contributed by atoms with van der Waals surface area (Å²) in [6.45, 7) is 4.46. The van der Waals surface area contributed by atoms with Crippen LogP contribution < -0.4 is 4.74 Å². The van der Waals surface area contributed by atoms with Gasteiger partial charge in [0.2, 0.25) is 0 Å². The molecular weight excluding hydrogens is 327 g/mol. The van der Waals surface area contributed by atoms with Gasteiger partial charge in [-0.25, -0.2) is 22.9 Å². The van der Waals surface area contributed by atoms with Crippen molar-refractivity contribution in [3.63, 3.8) is 0 Å². The van der Waals surface area contributed by atoms with Crippen molar-refractivity contribution >= 4 is 16.9 Å². The van der Waals surface area contributed by atoms with Crippen molar-refractivity contribution in [3.05, 3.63) is 35.3 Å². The minimum absolute atomic E-state index is 0.0877. The van der Waals surface area contributed by atoms with E-state index in [1.54, 1.807) is 0 Å². The number of fused-ring (bicyclic) bond motifs is 1. The van der Waals surface area contributed by atoms with E-state index in [9.17, 15) is 18.0 Å². The van der Waals surface area contributed by atoms with E-state index in [-0.39, 0.29) is 17.9 Å². The Kier molecular flexibility index (Phi) is 7.44. The van der Waals surface area contributed by atoms with Crippen molar-refractivity contribution in [1.82, 2.24) is 4.98 Å². The maximum absolute atomic E-state index is 13.9. The first-order valence-electron chi connectivity index (χ1n) is 7.29. The number of pyridine rings is 1. The summed E-state index contributed by atoms with van der Waals surface area (Å²) in [6.07, 6.45) is 0.452. The first-order valence-corrected chi connectivity index (χ1v) is 7.29. The van der Waals surface area contributed by atoms with Gasteiger partial charge in [-0.15, -0.1) is 0 Å². The molecule has 0 aliphatic carbocycles. The predicted molar refractivity (Wildman–Crippen MR) is 81.9 cm³/mol. The standard InChI is InChI=1S/C14H12F3NO4.C2H6/c1-21-3-2-4-22-10-6-9(14(19)20)18-8-5-7(15)12(16)13(17)11(8)10;1-2/h5-6H,2-4H2,1H3,(H,19,20);1-2H3. The zero-order chi connectivity index (χ0) is 18.3. The zero-order valence-electron chi connectivity index (χ0n) is 13.5. The molecule has 0 saturated heterocycles. The Labute approximate surface area is 137 Å². The summed E-state index contributed by atoms with van der Waals surface area (Å²) in [4.78, 5) is 14.6. The Morgan fingerprint density at radius 3 is 2.42 bits per heavy atom. The van der Waals surface area contributed by atoms with Crippen LogP contribution in [0.15, 0.2) is 12.1 Å². The van der Waals surface area contributed by atoms with Crippen LogP contribution in [0.2, 0.25) is 0 Å². The lowest BCUT2D eigenvalue weighted by atomic mass is 10.1.